The van der Waals surface area contributed by atoms with Crippen molar-refractivity contribution >= 4 is 12.1 Å². The normalized spacial score (nSPS) is 26.0. The van der Waals surface area contributed by atoms with Gasteiger partial charge in [-0.2, -0.15) is 0 Å². The van der Waals surface area contributed by atoms with Crippen LogP contribution in [0, 0.1) is 11.8 Å². The summed E-state index contributed by atoms with van der Waals surface area (Å²) in [6.07, 6.45) is 2.07. The van der Waals surface area contributed by atoms with Gasteiger partial charge < -0.3 is 14.4 Å². The van der Waals surface area contributed by atoms with E-state index in [1.54, 1.807) is 0 Å². The fourth-order valence-electron chi connectivity index (χ4n) is 3.63. The maximum atomic E-state index is 12.2. The van der Waals surface area contributed by atoms with Gasteiger partial charge in [0, 0.05) is 19.0 Å². The Bertz CT molecular complexity index is 545. The number of ether oxygens (including phenoxy) is 2. The van der Waals surface area contributed by atoms with Gasteiger partial charge in [-0.05, 0) is 30.2 Å². The smallest absolute Gasteiger partial charge is 0.410 e. The zero-order valence-electron chi connectivity index (χ0n) is 12.7. The van der Waals surface area contributed by atoms with Gasteiger partial charge in [-0.15, -0.1) is 0 Å². The van der Waals surface area contributed by atoms with Crippen LogP contribution in [0.1, 0.15) is 24.8 Å². The number of fused-ring (bicyclic) bond motifs is 2. The zero-order valence-corrected chi connectivity index (χ0v) is 12.7. The van der Waals surface area contributed by atoms with E-state index in [2.05, 4.69) is 0 Å². The van der Waals surface area contributed by atoms with Gasteiger partial charge in [-0.1, -0.05) is 30.3 Å². The summed E-state index contributed by atoms with van der Waals surface area (Å²) < 4.78 is 10.1. The Morgan fingerprint density at radius 2 is 2.00 bits per heavy atom. The van der Waals surface area contributed by atoms with Crippen LogP contribution in [-0.4, -0.2) is 36.7 Å². The first-order valence-electron chi connectivity index (χ1n) is 7.71. The van der Waals surface area contributed by atoms with Crippen molar-refractivity contribution in [3.05, 3.63) is 35.9 Å². The molecule has 1 heterocycles. The van der Waals surface area contributed by atoms with Crippen LogP contribution in [0.15, 0.2) is 30.3 Å². The first kappa shape index (κ1) is 14.9. The molecule has 3 atom stereocenters. The van der Waals surface area contributed by atoms with Gasteiger partial charge >= 0.3 is 12.1 Å². The van der Waals surface area contributed by atoms with Crippen molar-refractivity contribution in [2.24, 2.45) is 11.8 Å². The molecule has 0 spiro atoms. The second-order valence-electron chi connectivity index (χ2n) is 6.12. The van der Waals surface area contributed by atoms with E-state index in [0.29, 0.717) is 31.4 Å². The number of benzene rings is 1. The number of hydrogen-bond acceptors (Lipinski definition) is 4. The largest absolute Gasteiger partial charge is 0.469 e. The highest BCUT2D eigenvalue weighted by Gasteiger charge is 2.47. The van der Waals surface area contributed by atoms with Gasteiger partial charge in [0.25, 0.3) is 0 Å². The lowest BCUT2D eigenvalue weighted by atomic mass is 9.91. The Hall–Kier alpha value is -2.04. The lowest BCUT2D eigenvalue weighted by Crippen LogP contribution is -2.40. The number of likely N-dealkylation sites (tertiary alicyclic amines) is 1. The van der Waals surface area contributed by atoms with E-state index in [0.717, 1.165) is 18.4 Å². The molecule has 2 fully saturated rings. The van der Waals surface area contributed by atoms with Crippen LogP contribution in [0.25, 0.3) is 0 Å². The van der Waals surface area contributed by atoms with Gasteiger partial charge in [-0.25, -0.2) is 4.79 Å². The number of piperidine rings is 1. The van der Waals surface area contributed by atoms with E-state index in [-0.39, 0.29) is 18.1 Å². The van der Waals surface area contributed by atoms with Crippen LogP contribution in [0.5, 0.6) is 0 Å². The third kappa shape index (κ3) is 3.08. The number of amides is 1. The average Bonchev–Trinajstić information content (AvgIpc) is 3.13. The number of hydrogen-bond donors (Lipinski definition) is 0. The molecule has 2 aliphatic rings. The van der Waals surface area contributed by atoms with E-state index in [4.69, 9.17) is 9.47 Å². The van der Waals surface area contributed by atoms with Gasteiger partial charge in [-0.3, -0.25) is 4.79 Å². The molecular weight excluding hydrogens is 282 g/mol. The molecule has 5 nitrogen and oxygen atoms in total. The van der Waals surface area contributed by atoms with Crippen molar-refractivity contribution < 1.29 is 19.1 Å². The number of esters is 1. The van der Waals surface area contributed by atoms with Crippen LogP contribution in [0.3, 0.4) is 0 Å². The maximum absolute atomic E-state index is 12.2. The molecule has 118 valence electrons. The molecule has 1 aliphatic carbocycles. The summed E-state index contributed by atoms with van der Waals surface area (Å²) >= 11 is 0. The molecule has 1 aliphatic heterocycles. The third-order valence-corrected chi connectivity index (χ3v) is 4.78. The van der Waals surface area contributed by atoms with Crippen LogP contribution in [0.2, 0.25) is 0 Å². The highest BCUT2D eigenvalue weighted by Crippen LogP contribution is 2.44. The van der Waals surface area contributed by atoms with Crippen molar-refractivity contribution in [2.75, 3.05) is 13.7 Å². The lowest BCUT2D eigenvalue weighted by Gasteiger charge is -2.30. The quantitative estimate of drug-likeness (QED) is 0.802. The number of nitrogens with zero attached hydrogens (tertiary/aromatic N) is 1. The first-order chi connectivity index (χ1) is 10.7. The Morgan fingerprint density at radius 1 is 1.23 bits per heavy atom. The standard InChI is InChI=1S/C17H21NO4/c1-21-16(19)9-13-7-15-8-14(13)10-18(15)17(20)22-11-12-5-3-2-4-6-12/h2-6,13-15H,7-11H2,1H3. The predicted molar refractivity (Wildman–Crippen MR) is 80.0 cm³/mol. The number of carbonyl (C=O) groups excluding carboxylic acids is 2. The zero-order chi connectivity index (χ0) is 15.5. The summed E-state index contributed by atoms with van der Waals surface area (Å²) in [5, 5.41) is 0. The molecule has 1 saturated carbocycles. The average molecular weight is 303 g/mol. The van der Waals surface area contributed by atoms with Gasteiger partial charge in [0.1, 0.15) is 6.61 Å². The molecule has 1 aromatic carbocycles. The first-order valence-corrected chi connectivity index (χ1v) is 7.71. The summed E-state index contributed by atoms with van der Waals surface area (Å²) in [5.74, 6) is 0.583. The van der Waals surface area contributed by atoms with Crippen molar-refractivity contribution in [1.29, 1.82) is 0 Å². The minimum absolute atomic E-state index is 0.157. The Balaban J connectivity index is 1.49. The molecule has 1 amide bonds. The van der Waals surface area contributed by atoms with E-state index >= 15 is 0 Å². The molecule has 2 bridgehead atoms. The topological polar surface area (TPSA) is 55.8 Å². The van der Waals surface area contributed by atoms with Gasteiger partial charge in [0.15, 0.2) is 0 Å². The molecule has 3 unspecified atom stereocenters. The molecule has 1 aromatic rings. The van der Waals surface area contributed by atoms with Gasteiger partial charge in [0.2, 0.25) is 0 Å². The highest BCUT2D eigenvalue weighted by molar-refractivity contribution is 5.70. The van der Waals surface area contributed by atoms with E-state index in [1.807, 2.05) is 35.2 Å². The Morgan fingerprint density at radius 3 is 2.64 bits per heavy atom. The van der Waals surface area contributed by atoms with Crippen molar-refractivity contribution in [2.45, 2.75) is 31.9 Å². The lowest BCUT2D eigenvalue weighted by molar-refractivity contribution is -0.142. The summed E-state index contributed by atoms with van der Waals surface area (Å²) in [6, 6.07) is 9.89. The summed E-state index contributed by atoms with van der Waals surface area (Å²) in [5.41, 5.74) is 0.990. The predicted octanol–water partition coefficient (Wildman–Crippen LogP) is 2.60. The summed E-state index contributed by atoms with van der Waals surface area (Å²) in [6.45, 7) is 0.999. The Labute approximate surface area is 130 Å². The molecule has 5 heteroatoms. The summed E-state index contributed by atoms with van der Waals surface area (Å²) in [7, 11) is 1.42. The minimum Gasteiger partial charge on any atom is -0.469 e. The monoisotopic (exact) mass is 303 g/mol. The second kappa shape index (κ2) is 6.38. The highest BCUT2D eigenvalue weighted by atomic mass is 16.6. The van der Waals surface area contributed by atoms with Crippen molar-refractivity contribution in [3.8, 4) is 0 Å². The molecular formula is C17H21NO4. The summed E-state index contributed by atoms with van der Waals surface area (Å²) in [4.78, 5) is 25.4. The van der Waals surface area contributed by atoms with Crippen molar-refractivity contribution in [3.63, 3.8) is 0 Å². The molecule has 22 heavy (non-hydrogen) atoms. The fourth-order valence-corrected chi connectivity index (χ4v) is 3.63. The van der Waals surface area contributed by atoms with Crippen LogP contribution < -0.4 is 0 Å². The number of methoxy groups -OCH3 is 1. The maximum Gasteiger partial charge on any atom is 0.410 e. The SMILES string of the molecule is COC(=O)CC1CC2CC1CN2C(=O)OCc1ccccc1. The van der Waals surface area contributed by atoms with Crippen LogP contribution in [-0.2, 0) is 20.9 Å². The molecule has 0 N–H and O–H groups in total. The fraction of sp³-hybridized carbons (Fsp3) is 0.529. The van der Waals surface area contributed by atoms with Crippen LogP contribution in [0.4, 0.5) is 4.79 Å². The molecule has 0 radical (unpaired) electrons. The molecule has 3 rings (SSSR count). The number of carbonyl (C=O) groups is 2. The molecule has 1 saturated heterocycles. The van der Waals surface area contributed by atoms with Gasteiger partial charge in [0.05, 0.1) is 7.11 Å². The third-order valence-electron chi connectivity index (χ3n) is 4.78. The van der Waals surface area contributed by atoms with Crippen LogP contribution >= 0.6 is 0 Å². The van der Waals surface area contributed by atoms with E-state index < -0.39 is 0 Å². The van der Waals surface area contributed by atoms with E-state index in [9.17, 15) is 9.59 Å². The molecule has 0 aromatic heterocycles. The van der Waals surface area contributed by atoms with Crippen molar-refractivity contribution in [1.82, 2.24) is 4.90 Å². The minimum atomic E-state index is -0.243. The second-order valence-corrected chi connectivity index (χ2v) is 6.12. The Kier molecular flexibility index (Phi) is 4.32. The van der Waals surface area contributed by atoms with E-state index in [1.165, 1.54) is 7.11 Å². The number of rotatable bonds is 4.